The second kappa shape index (κ2) is 6.98. The largest absolute Gasteiger partial charge is 0.480 e. The summed E-state index contributed by atoms with van der Waals surface area (Å²) in [5.41, 5.74) is 0. The molecule has 0 amide bonds. The average Bonchev–Trinajstić information content (AvgIpc) is 2.38. The van der Waals surface area contributed by atoms with E-state index in [1.807, 2.05) is 0 Å². The number of nitrogens with zero attached hydrogens (tertiary/aromatic N) is 1. The summed E-state index contributed by atoms with van der Waals surface area (Å²) < 4.78 is 50.0. The van der Waals surface area contributed by atoms with Gasteiger partial charge in [-0.25, -0.2) is 21.6 Å². The lowest BCUT2D eigenvalue weighted by Gasteiger charge is -2.15. The van der Waals surface area contributed by atoms with E-state index in [4.69, 9.17) is 5.11 Å². The average molecular weight is 336 g/mol. The molecule has 0 saturated heterocycles. The van der Waals surface area contributed by atoms with Gasteiger partial charge >= 0.3 is 5.97 Å². The van der Waals surface area contributed by atoms with Crippen LogP contribution in [0.2, 0.25) is 0 Å². The van der Waals surface area contributed by atoms with Crippen LogP contribution in [0.1, 0.15) is 0 Å². The Morgan fingerprint density at radius 3 is 2.29 bits per heavy atom. The van der Waals surface area contributed by atoms with E-state index < -0.39 is 38.3 Å². The molecule has 10 heteroatoms. The molecule has 0 spiro atoms. The van der Waals surface area contributed by atoms with Gasteiger partial charge in [0, 0.05) is 13.6 Å². The lowest BCUT2D eigenvalue weighted by atomic mass is 10.4. The first-order valence-electron chi connectivity index (χ1n) is 5.86. The highest BCUT2D eigenvalue weighted by Crippen LogP contribution is 2.07. The van der Waals surface area contributed by atoms with Crippen LogP contribution < -0.4 is 4.72 Å². The van der Waals surface area contributed by atoms with E-state index in [9.17, 15) is 21.6 Å². The number of carbonyl (C=O) groups is 1. The number of carboxylic acids is 1. The van der Waals surface area contributed by atoms with Crippen LogP contribution >= 0.6 is 0 Å². The van der Waals surface area contributed by atoms with Gasteiger partial charge in [0.15, 0.2) is 0 Å². The minimum atomic E-state index is -3.83. The molecule has 21 heavy (non-hydrogen) atoms. The van der Waals surface area contributed by atoms with Gasteiger partial charge in [0.25, 0.3) is 0 Å². The van der Waals surface area contributed by atoms with Crippen LogP contribution in [0.15, 0.2) is 35.2 Å². The fourth-order valence-corrected chi connectivity index (χ4v) is 3.59. The molecule has 2 N–H and O–H groups in total. The number of hydrogen-bond donors (Lipinski definition) is 2. The number of aliphatic carboxylic acids is 1. The lowest BCUT2D eigenvalue weighted by Crippen LogP contribution is -2.38. The van der Waals surface area contributed by atoms with Gasteiger partial charge in [0.05, 0.1) is 10.6 Å². The predicted octanol–water partition coefficient (Wildman–Crippen LogP) is -0.689. The zero-order chi connectivity index (χ0) is 16.1. The van der Waals surface area contributed by atoms with E-state index in [0.29, 0.717) is 4.31 Å². The highest BCUT2D eigenvalue weighted by molar-refractivity contribution is 7.90. The second-order valence-electron chi connectivity index (χ2n) is 4.18. The van der Waals surface area contributed by atoms with Gasteiger partial charge in [-0.15, -0.1) is 0 Å². The zero-order valence-corrected chi connectivity index (χ0v) is 12.9. The van der Waals surface area contributed by atoms with Crippen molar-refractivity contribution in [1.29, 1.82) is 0 Å². The predicted molar refractivity (Wildman–Crippen MR) is 75.7 cm³/mol. The molecule has 0 radical (unpaired) electrons. The van der Waals surface area contributed by atoms with Crippen molar-refractivity contribution >= 4 is 26.0 Å². The van der Waals surface area contributed by atoms with Gasteiger partial charge in [0.1, 0.15) is 6.54 Å². The molecular formula is C11H16N2O6S2. The molecule has 118 valence electrons. The van der Waals surface area contributed by atoms with Crippen molar-refractivity contribution in [2.45, 2.75) is 4.90 Å². The van der Waals surface area contributed by atoms with Crippen LogP contribution in [0.4, 0.5) is 0 Å². The highest BCUT2D eigenvalue weighted by atomic mass is 32.2. The molecule has 0 fully saturated rings. The number of benzene rings is 1. The third-order valence-corrected chi connectivity index (χ3v) is 5.81. The summed E-state index contributed by atoms with van der Waals surface area (Å²) in [5, 5.41) is 8.53. The van der Waals surface area contributed by atoms with Gasteiger partial charge in [-0.3, -0.25) is 4.79 Å². The van der Waals surface area contributed by atoms with E-state index in [1.54, 1.807) is 18.2 Å². The van der Waals surface area contributed by atoms with Crippen molar-refractivity contribution in [3.63, 3.8) is 0 Å². The number of carboxylic acid groups (broad SMARTS) is 1. The smallest absolute Gasteiger partial charge is 0.318 e. The van der Waals surface area contributed by atoms with E-state index >= 15 is 0 Å². The number of sulfonamides is 2. The van der Waals surface area contributed by atoms with Gasteiger partial charge in [-0.2, -0.15) is 4.31 Å². The molecule has 1 aromatic carbocycles. The van der Waals surface area contributed by atoms with E-state index in [1.165, 1.54) is 12.1 Å². The number of hydrogen-bond acceptors (Lipinski definition) is 5. The first kappa shape index (κ1) is 17.6. The summed E-state index contributed by atoms with van der Waals surface area (Å²) in [6, 6.07) is 7.52. The monoisotopic (exact) mass is 336 g/mol. The van der Waals surface area contributed by atoms with Crippen molar-refractivity contribution in [3.05, 3.63) is 30.3 Å². The summed E-state index contributed by atoms with van der Waals surface area (Å²) in [5.74, 6) is -1.81. The standard InChI is InChI=1S/C11H16N2O6S2/c1-13(9-11(14)15)20(16,17)8-7-12-21(18,19)10-5-3-2-4-6-10/h2-6,12H,7-9H2,1H3,(H,14,15). The molecule has 1 rings (SSSR count). The number of rotatable bonds is 8. The van der Waals surface area contributed by atoms with Crippen molar-refractivity contribution in [2.75, 3.05) is 25.9 Å². The Kier molecular flexibility index (Phi) is 5.84. The summed E-state index contributed by atoms with van der Waals surface area (Å²) >= 11 is 0. The molecule has 0 aliphatic heterocycles. The fraction of sp³-hybridized carbons (Fsp3) is 0.364. The van der Waals surface area contributed by atoms with Crippen molar-refractivity contribution < 1.29 is 26.7 Å². The molecule has 0 aliphatic rings. The van der Waals surface area contributed by atoms with E-state index in [2.05, 4.69) is 4.72 Å². The Balaban J connectivity index is 2.63. The molecule has 0 saturated carbocycles. The van der Waals surface area contributed by atoms with Crippen LogP contribution in [-0.2, 0) is 24.8 Å². The van der Waals surface area contributed by atoms with Crippen molar-refractivity contribution in [1.82, 2.24) is 9.03 Å². The lowest BCUT2D eigenvalue weighted by molar-refractivity contribution is -0.137. The van der Waals surface area contributed by atoms with E-state index in [0.717, 1.165) is 7.05 Å². The van der Waals surface area contributed by atoms with E-state index in [-0.39, 0.29) is 11.4 Å². The minimum Gasteiger partial charge on any atom is -0.480 e. The fourth-order valence-electron chi connectivity index (χ4n) is 1.43. The zero-order valence-electron chi connectivity index (χ0n) is 11.3. The van der Waals surface area contributed by atoms with Gasteiger partial charge < -0.3 is 5.11 Å². The third kappa shape index (κ3) is 5.42. The van der Waals surface area contributed by atoms with Gasteiger partial charge in [-0.1, -0.05) is 18.2 Å². The summed E-state index contributed by atoms with van der Waals surface area (Å²) in [6.45, 7) is -1.02. The van der Waals surface area contributed by atoms with Crippen molar-refractivity contribution in [2.24, 2.45) is 0 Å². The minimum absolute atomic E-state index is 0.0290. The molecule has 0 unspecified atom stereocenters. The Hall–Kier alpha value is -1.49. The Labute approximate surface area is 123 Å². The second-order valence-corrected chi connectivity index (χ2v) is 8.14. The molecule has 1 aromatic rings. The Morgan fingerprint density at radius 2 is 1.76 bits per heavy atom. The van der Waals surface area contributed by atoms with Gasteiger partial charge in [-0.05, 0) is 12.1 Å². The molecular weight excluding hydrogens is 320 g/mol. The van der Waals surface area contributed by atoms with Crippen LogP contribution in [0.25, 0.3) is 0 Å². The summed E-state index contributed by atoms with van der Waals surface area (Å²) in [4.78, 5) is 10.5. The third-order valence-electron chi connectivity index (χ3n) is 2.54. The van der Waals surface area contributed by atoms with Crippen LogP contribution in [-0.4, -0.2) is 58.1 Å². The number of nitrogens with one attached hydrogen (secondary N) is 1. The molecule has 0 atom stereocenters. The normalized spacial score (nSPS) is 12.5. The summed E-state index contributed by atoms with van der Waals surface area (Å²) in [6.07, 6.45) is 0. The topological polar surface area (TPSA) is 121 Å². The first-order chi connectivity index (χ1) is 9.65. The van der Waals surface area contributed by atoms with Crippen LogP contribution in [0.5, 0.6) is 0 Å². The molecule has 8 nitrogen and oxygen atoms in total. The summed E-state index contributed by atoms with van der Waals surface area (Å²) in [7, 11) is -6.49. The van der Waals surface area contributed by atoms with Crippen LogP contribution in [0.3, 0.4) is 0 Å². The maximum atomic E-state index is 11.9. The molecule has 0 aromatic heterocycles. The van der Waals surface area contributed by atoms with Crippen molar-refractivity contribution in [3.8, 4) is 0 Å². The quantitative estimate of drug-likeness (QED) is 0.648. The highest BCUT2D eigenvalue weighted by Gasteiger charge is 2.21. The first-order valence-corrected chi connectivity index (χ1v) is 8.95. The van der Waals surface area contributed by atoms with Gasteiger partial charge in [0.2, 0.25) is 20.0 Å². The number of likely N-dealkylation sites (N-methyl/N-ethyl adjacent to an activating group) is 1. The Bertz CT molecular complexity index is 685. The molecule has 0 bridgehead atoms. The maximum absolute atomic E-state index is 11.9. The molecule has 0 aliphatic carbocycles. The molecule has 0 heterocycles. The van der Waals surface area contributed by atoms with Crippen LogP contribution in [0, 0.1) is 0 Å². The Morgan fingerprint density at radius 1 is 1.19 bits per heavy atom. The SMILES string of the molecule is CN(CC(=O)O)S(=O)(=O)CCNS(=O)(=O)c1ccccc1. The maximum Gasteiger partial charge on any atom is 0.318 e.